The topological polar surface area (TPSA) is 52.6 Å². The molecule has 2 aromatic rings. The quantitative estimate of drug-likeness (QED) is 0.464. The van der Waals surface area contributed by atoms with Gasteiger partial charge in [-0.15, -0.1) is 0 Å². The van der Waals surface area contributed by atoms with Gasteiger partial charge in [0.05, 0.1) is 0 Å². The lowest BCUT2D eigenvalue weighted by Gasteiger charge is -2.04. The Morgan fingerprint density at radius 3 is 2.39 bits per heavy atom. The Hall–Kier alpha value is -3.14. The molecule has 0 aliphatic rings. The van der Waals surface area contributed by atoms with E-state index in [1.165, 1.54) is 0 Å². The standard InChI is InChI=1S/C19H16O4/c1-3-18(20)22-11-5-6-14-7-8-16-13-17(23-19(21)4-2)10-9-15(16)12-14/h3-10,12-13H,1-2,11H2/b6-5+. The summed E-state index contributed by atoms with van der Waals surface area (Å²) in [7, 11) is 0. The van der Waals surface area contributed by atoms with Crippen LogP contribution in [0.2, 0.25) is 0 Å². The summed E-state index contributed by atoms with van der Waals surface area (Å²) >= 11 is 0. The normalized spacial score (nSPS) is 10.4. The molecule has 0 amide bonds. The molecule has 0 aromatic heterocycles. The van der Waals surface area contributed by atoms with E-state index in [2.05, 4.69) is 13.2 Å². The second-order valence-electron chi connectivity index (χ2n) is 4.63. The number of rotatable bonds is 6. The first-order valence-electron chi connectivity index (χ1n) is 6.96. The monoisotopic (exact) mass is 308 g/mol. The maximum atomic E-state index is 11.2. The summed E-state index contributed by atoms with van der Waals surface area (Å²) in [5.74, 6) is -0.463. The molecule has 23 heavy (non-hydrogen) atoms. The predicted octanol–water partition coefficient (Wildman–Crippen LogP) is 3.67. The molecule has 2 aromatic carbocycles. The first-order chi connectivity index (χ1) is 11.1. The minimum absolute atomic E-state index is 0.194. The summed E-state index contributed by atoms with van der Waals surface area (Å²) in [6.45, 7) is 6.88. The molecule has 0 heterocycles. The Kier molecular flexibility index (Phi) is 5.47. The van der Waals surface area contributed by atoms with Gasteiger partial charge in [0.1, 0.15) is 12.4 Å². The lowest BCUT2D eigenvalue weighted by Crippen LogP contribution is -2.02. The largest absolute Gasteiger partial charge is 0.458 e. The maximum absolute atomic E-state index is 11.2. The van der Waals surface area contributed by atoms with Gasteiger partial charge in [-0.25, -0.2) is 9.59 Å². The summed E-state index contributed by atoms with van der Waals surface area (Å²) in [6.07, 6.45) is 5.86. The van der Waals surface area contributed by atoms with Crippen molar-refractivity contribution in [3.8, 4) is 5.75 Å². The van der Waals surface area contributed by atoms with Crippen molar-refractivity contribution in [2.75, 3.05) is 6.61 Å². The molecule has 0 aliphatic heterocycles. The average Bonchev–Trinajstić information content (AvgIpc) is 2.58. The van der Waals surface area contributed by atoms with E-state index >= 15 is 0 Å². The third-order valence-electron chi connectivity index (χ3n) is 3.02. The number of ether oxygens (including phenoxy) is 2. The van der Waals surface area contributed by atoms with Crippen LogP contribution in [0.15, 0.2) is 67.8 Å². The van der Waals surface area contributed by atoms with E-state index in [0.717, 1.165) is 28.5 Å². The lowest BCUT2D eigenvalue weighted by atomic mass is 10.1. The SMILES string of the molecule is C=CC(=O)OC/C=C/c1ccc2cc(OC(=O)C=C)ccc2c1. The molecule has 0 aliphatic carbocycles. The average molecular weight is 308 g/mol. The highest BCUT2D eigenvalue weighted by Gasteiger charge is 2.02. The van der Waals surface area contributed by atoms with Crippen molar-refractivity contribution < 1.29 is 19.1 Å². The number of carbonyl (C=O) groups excluding carboxylic acids is 2. The van der Waals surface area contributed by atoms with Gasteiger partial charge < -0.3 is 9.47 Å². The summed E-state index contributed by atoms with van der Waals surface area (Å²) in [6, 6.07) is 11.2. The molecule has 0 atom stereocenters. The second-order valence-corrected chi connectivity index (χ2v) is 4.63. The van der Waals surface area contributed by atoms with Gasteiger partial charge in [-0.05, 0) is 40.6 Å². The highest BCUT2D eigenvalue weighted by molar-refractivity contribution is 5.88. The Balaban J connectivity index is 2.10. The van der Waals surface area contributed by atoms with Crippen LogP contribution in [0.5, 0.6) is 5.75 Å². The van der Waals surface area contributed by atoms with Crippen molar-refractivity contribution in [3.63, 3.8) is 0 Å². The number of esters is 2. The first kappa shape index (κ1) is 16.2. The fourth-order valence-electron chi connectivity index (χ4n) is 1.94. The van der Waals surface area contributed by atoms with E-state index in [4.69, 9.17) is 9.47 Å². The van der Waals surface area contributed by atoms with Crippen LogP contribution in [-0.4, -0.2) is 18.5 Å². The number of hydrogen-bond donors (Lipinski definition) is 0. The third kappa shape index (κ3) is 4.68. The molecular weight excluding hydrogens is 292 g/mol. The molecule has 0 spiro atoms. The molecule has 0 fully saturated rings. The fourth-order valence-corrected chi connectivity index (χ4v) is 1.94. The number of benzene rings is 2. The van der Waals surface area contributed by atoms with Crippen LogP contribution in [0, 0.1) is 0 Å². The molecular formula is C19H16O4. The molecule has 0 bridgehead atoms. The Labute approximate surface area is 134 Å². The van der Waals surface area contributed by atoms with E-state index in [0.29, 0.717) is 5.75 Å². The third-order valence-corrected chi connectivity index (χ3v) is 3.02. The maximum Gasteiger partial charge on any atom is 0.335 e. The molecule has 0 unspecified atom stereocenters. The van der Waals surface area contributed by atoms with Crippen molar-refractivity contribution in [2.45, 2.75) is 0 Å². The lowest BCUT2D eigenvalue weighted by molar-refractivity contribution is -0.136. The van der Waals surface area contributed by atoms with Gasteiger partial charge in [-0.3, -0.25) is 0 Å². The van der Waals surface area contributed by atoms with Crippen LogP contribution >= 0.6 is 0 Å². The van der Waals surface area contributed by atoms with Crippen LogP contribution in [0.1, 0.15) is 5.56 Å². The molecule has 116 valence electrons. The zero-order valence-electron chi connectivity index (χ0n) is 12.5. The summed E-state index contributed by atoms with van der Waals surface area (Å²) in [5, 5.41) is 1.96. The Bertz CT molecular complexity index is 787. The molecule has 0 saturated heterocycles. The van der Waals surface area contributed by atoms with E-state index < -0.39 is 11.9 Å². The van der Waals surface area contributed by atoms with Gasteiger partial charge in [-0.1, -0.05) is 37.4 Å². The summed E-state index contributed by atoms with van der Waals surface area (Å²) < 4.78 is 9.95. The van der Waals surface area contributed by atoms with E-state index in [1.54, 1.807) is 18.2 Å². The van der Waals surface area contributed by atoms with Gasteiger partial charge in [0.15, 0.2) is 0 Å². The second kappa shape index (κ2) is 7.75. The van der Waals surface area contributed by atoms with Gasteiger partial charge in [-0.2, -0.15) is 0 Å². The summed E-state index contributed by atoms with van der Waals surface area (Å²) in [4.78, 5) is 22.1. The minimum atomic E-state index is -0.488. The van der Waals surface area contributed by atoms with Crippen molar-refractivity contribution in [2.24, 2.45) is 0 Å². The predicted molar refractivity (Wildman–Crippen MR) is 90.0 cm³/mol. The number of hydrogen-bond acceptors (Lipinski definition) is 4. The Morgan fingerprint density at radius 1 is 0.957 bits per heavy atom. The molecule has 0 N–H and O–H groups in total. The highest BCUT2D eigenvalue weighted by Crippen LogP contribution is 2.22. The molecule has 4 nitrogen and oxygen atoms in total. The van der Waals surface area contributed by atoms with Crippen LogP contribution in [0.3, 0.4) is 0 Å². The smallest absolute Gasteiger partial charge is 0.335 e. The molecule has 0 saturated carbocycles. The van der Waals surface area contributed by atoms with Crippen LogP contribution in [0.4, 0.5) is 0 Å². The van der Waals surface area contributed by atoms with Gasteiger partial charge in [0, 0.05) is 12.2 Å². The minimum Gasteiger partial charge on any atom is -0.458 e. The van der Waals surface area contributed by atoms with E-state index in [-0.39, 0.29) is 6.61 Å². The zero-order valence-corrected chi connectivity index (χ0v) is 12.5. The van der Waals surface area contributed by atoms with Crippen LogP contribution in [-0.2, 0) is 14.3 Å². The number of fused-ring (bicyclic) bond motifs is 1. The molecule has 4 heteroatoms. The summed E-state index contributed by atoms with van der Waals surface area (Å²) in [5.41, 5.74) is 0.975. The van der Waals surface area contributed by atoms with Gasteiger partial charge >= 0.3 is 11.9 Å². The zero-order chi connectivity index (χ0) is 16.7. The van der Waals surface area contributed by atoms with Crippen LogP contribution in [0.25, 0.3) is 16.8 Å². The van der Waals surface area contributed by atoms with Crippen LogP contribution < -0.4 is 4.74 Å². The van der Waals surface area contributed by atoms with Gasteiger partial charge in [0.25, 0.3) is 0 Å². The van der Waals surface area contributed by atoms with E-state index in [1.807, 2.05) is 30.3 Å². The van der Waals surface area contributed by atoms with Crippen molar-refractivity contribution in [3.05, 3.63) is 73.3 Å². The number of carbonyl (C=O) groups is 2. The van der Waals surface area contributed by atoms with Crippen molar-refractivity contribution in [1.29, 1.82) is 0 Å². The first-order valence-corrected chi connectivity index (χ1v) is 6.96. The highest BCUT2D eigenvalue weighted by atomic mass is 16.5. The van der Waals surface area contributed by atoms with Crippen molar-refractivity contribution >= 4 is 28.8 Å². The van der Waals surface area contributed by atoms with Gasteiger partial charge in [0.2, 0.25) is 0 Å². The molecule has 2 rings (SSSR count). The van der Waals surface area contributed by atoms with Crippen molar-refractivity contribution in [1.82, 2.24) is 0 Å². The fraction of sp³-hybridized carbons (Fsp3) is 0.0526. The Morgan fingerprint density at radius 2 is 1.65 bits per heavy atom. The van der Waals surface area contributed by atoms with E-state index in [9.17, 15) is 9.59 Å². The molecule has 0 radical (unpaired) electrons.